The van der Waals surface area contributed by atoms with Gasteiger partial charge in [-0.1, -0.05) is 12.1 Å². The van der Waals surface area contributed by atoms with Gasteiger partial charge in [0.2, 0.25) is 5.78 Å². The van der Waals surface area contributed by atoms with Crippen LogP contribution in [0.4, 0.5) is 5.69 Å². The van der Waals surface area contributed by atoms with Gasteiger partial charge in [-0.2, -0.15) is 0 Å². The number of carbonyl (C=O) groups is 1. The van der Waals surface area contributed by atoms with Gasteiger partial charge in [-0.15, -0.1) is 0 Å². The monoisotopic (exact) mass is 377 g/mol. The van der Waals surface area contributed by atoms with E-state index in [-0.39, 0.29) is 11.3 Å². The molecule has 0 fully saturated rings. The molecule has 0 N–H and O–H groups in total. The maximum atomic E-state index is 12.9. The summed E-state index contributed by atoms with van der Waals surface area (Å²) in [7, 11) is 0. The van der Waals surface area contributed by atoms with Gasteiger partial charge in [-0.05, 0) is 56.5 Å². The van der Waals surface area contributed by atoms with Gasteiger partial charge in [0.05, 0.1) is 6.61 Å². The lowest BCUT2D eigenvalue weighted by atomic mass is 9.99. The molecule has 5 heteroatoms. The van der Waals surface area contributed by atoms with Crippen molar-refractivity contribution in [2.24, 2.45) is 0 Å². The summed E-state index contributed by atoms with van der Waals surface area (Å²) in [6, 6.07) is 12.7. The van der Waals surface area contributed by atoms with E-state index in [2.05, 4.69) is 18.7 Å². The van der Waals surface area contributed by atoms with E-state index in [4.69, 9.17) is 9.15 Å². The molecule has 0 unspecified atom stereocenters. The van der Waals surface area contributed by atoms with E-state index in [1.54, 1.807) is 18.2 Å². The Kier molecular flexibility index (Phi) is 4.90. The fourth-order valence-electron chi connectivity index (χ4n) is 3.68. The molecule has 1 aliphatic heterocycles. The quantitative estimate of drug-likeness (QED) is 0.493. The first-order valence-electron chi connectivity index (χ1n) is 9.74. The lowest BCUT2D eigenvalue weighted by Crippen LogP contribution is -2.21. The molecular weight excluding hydrogens is 354 g/mol. The molecule has 1 aromatic heterocycles. The predicted molar refractivity (Wildman–Crippen MR) is 110 cm³/mol. The summed E-state index contributed by atoms with van der Waals surface area (Å²) < 4.78 is 11.1. The van der Waals surface area contributed by atoms with Crippen LogP contribution in [-0.2, 0) is 6.42 Å². The van der Waals surface area contributed by atoms with Crippen molar-refractivity contribution in [3.63, 3.8) is 0 Å². The van der Waals surface area contributed by atoms with Crippen molar-refractivity contribution in [3.8, 4) is 5.75 Å². The number of nitrogens with zero attached hydrogens (tertiary/aromatic N) is 1. The van der Waals surface area contributed by atoms with Crippen LogP contribution < -0.4 is 15.3 Å². The summed E-state index contributed by atoms with van der Waals surface area (Å²) in [6.07, 6.45) is 1.92. The molecule has 0 aliphatic carbocycles. The van der Waals surface area contributed by atoms with E-state index in [0.717, 1.165) is 48.3 Å². The average molecular weight is 377 g/mol. The Morgan fingerprint density at radius 1 is 1.07 bits per heavy atom. The molecule has 0 amide bonds. The number of hydrogen-bond donors (Lipinski definition) is 0. The van der Waals surface area contributed by atoms with E-state index < -0.39 is 5.63 Å². The fraction of sp³-hybridized carbons (Fsp3) is 0.304. The summed E-state index contributed by atoms with van der Waals surface area (Å²) >= 11 is 0. The summed E-state index contributed by atoms with van der Waals surface area (Å²) in [4.78, 5) is 27.6. The first-order valence-corrected chi connectivity index (χ1v) is 9.74. The van der Waals surface area contributed by atoms with Crippen LogP contribution in [-0.4, -0.2) is 25.5 Å². The molecule has 2 heterocycles. The maximum absolute atomic E-state index is 12.9. The van der Waals surface area contributed by atoms with Crippen molar-refractivity contribution in [2.75, 3.05) is 24.6 Å². The average Bonchev–Trinajstić information content (AvgIpc) is 2.73. The first kappa shape index (κ1) is 18.3. The fourth-order valence-corrected chi connectivity index (χ4v) is 3.68. The molecule has 2 aromatic carbocycles. The molecule has 0 saturated heterocycles. The Hall–Kier alpha value is -3.08. The number of rotatable bonds is 5. The highest BCUT2D eigenvalue weighted by atomic mass is 16.5. The highest BCUT2D eigenvalue weighted by Crippen LogP contribution is 2.27. The second kappa shape index (κ2) is 7.50. The molecule has 0 spiro atoms. The van der Waals surface area contributed by atoms with Crippen molar-refractivity contribution in [1.29, 1.82) is 0 Å². The van der Waals surface area contributed by atoms with Crippen LogP contribution in [0.1, 0.15) is 41.8 Å². The number of ketones is 1. The van der Waals surface area contributed by atoms with Gasteiger partial charge in [0, 0.05) is 35.8 Å². The molecule has 0 bridgehead atoms. The third kappa shape index (κ3) is 3.28. The van der Waals surface area contributed by atoms with E-state index in [1.165, 1.54) is 0 Å². The van der Waals surface area contributed by atoms with Gasteiger partial charge < -0.3 is 14.1 Å². The van der Waals surface area contributed by atoms with Gasteiger partial charge in [0.15, 0.2) is 0 Å². The molecule has 5 nitrogen and oxygen atoms in total. The van der Waals surface area contributed by atoms with Crippen LogP contribution in [0.3, 0.4) is 0 Å². The van der Waals surface area contributed by atoms with E-state index in [9.17, 15) is 9.59 Å². The number of anilines is 1. The number of ether oxygens (including phenoxy) is 1. The zero-order valence-electron chi connectivity index (χ0n) is 16.2. The summed E-state index contributed by atoms with van der Waals surface area (Å²) in [6.45, 7) is 6.53. The minimum atomic E-state index is -0.618. The van der Waals surface area contributed by atoms with Crippen LogP contribution in [0, 0.1) is 0 Å². The molecule has 0 saturated carbocycles. The van der Waals surface area contributed by atoms with Crippen molar-refractivity contribution >= 4 is 22.4 Å². The summed E-state index contributed by atoms with van der Waals surface area (Å²) in [5.41, 5.74) is 2.43. The van der Waals surface area contributed by atoms with Crippen LogP contribution in [0.5, 0.6) is 5.75 Å². The van der Waals surface area contributed by atoms with E-state index in [1.807, 2.05) is 24.3 Å². The zero-order chi connectivity index (χ0) is 19.7. The highest BCUT2D eigenvalue weighted by Gasteiger charge is 2.19. The third-order valence-electron chi connectivity index (χ3n) is 5.27. The molecule has 28 heavy (non-hydrogen) atoms. The minimum Gasteiger partial charge on any atom is -0.493 e. The largest absolute Gasteiger partial charge is 0.493 e. The molecule has 1 aliphatic rings. The van der Waals surface area contributed by atoms with Gasteiger partial charge in [-0.25, -0.2) is 4.79 Å². The zero-order valence-corrected chi connectivity index (χ0v) is 16.2. The lowest BCUT2D eigenvalue weighted by Gasteiger charge is -2.21. The predicted octanol–water partition coefficient (Wildman–Crippen LogP) is 4.20. The maximum Gasteiger partial charge on any atom is 0.347 e. The Balaban J connectivity index is 1.72. The number of fused-ring (bicyclic) bond motifs is 2. The van der Waals surface area contributed by atoms with Gasteiger partial charge >= 0.3 is 5.63 Å². The van der Waals surface area contributed by atoms with Crippen LogP contribution in [0.25, 0.3) is 11.0 Å². The Morgan fingerprint density at radius 2 is 1.89 bits per heavy atom. The summed E-state index contributed by atoms with van der Waals surface area (Å²) in [5.74, 6) is 0.381. The Bertz CT molecular complexity index is 1100. The van der Waals surface area contributed by atoms with Gasteiger partial charge in [0.1, 0.15) is 16.9 Å². The van der Waals surface area contributed by atoms with Crippen LogP contribution in [0.2, 0.25) is 0 Å². The van der Waals surface area contributed by atoms with Crippen molar-refractivity contribution in [1.82, 2.24) is 0 Å². The van der Waals surface area contributed by atoms with Crippen LogP contribution >= 0.6 is 0 Å². The second-order valence-electron chi connectivity index (χ2n) is 6.95. The highest BCUT2D eigenvalue weighted by molar-refractivity contribution is 6.10. The van der Waals surface area contributed by atoms with Gasteiger partial charge in [0.25, 0.3) is 0 Å². The number of hydrogen-bond acceptors (Lipinski definition) is 5. The molecule has 4 rings (SSSR count). The Morgan fingerprint density at radius 3 is 2.68 bits per heavy atom. The number of aryl methyl sites for hydroxylation is 1. The SMILES string of the molecule is CCN(CC)c1ccc2cc(C(=O)c3ccc4c(c3)OCCC4)c(=O)oc2c1. The lowest BCUT2D eigenvalue weighted by molar-refractivity contribution is 0.103. The Labute approximate surface area is 163 Å². The standard InChI is InChI=1S/C23H23NO4/c1-3-24(4-2)18-10-9-16-12-19(23(26)28-21(16)14-18)22(25)17-8-7-15-6-5-11-27-20(15)13-17/h7-10,12-14H,3-6,11H2,1-2H3. The molecular formula is C23H23NO4. The molecule has 0 atom stereocenters. The molecule has 144 valence electrons. The van der Waals surface area contributed by atoms with Crippen molar-refractivity contribution in [3.05, 3.63) is 69.6 Å². The number of carbonyl (C=O) groups excluding carboxylic acids is 1. The third-order valence-corrected chi connectivity index (χ3v) is 5.27. The molecule has 3 aromatic rings. The van der Waals surface area contributed by atoms with E-state index >= 15 is 0 Å². The molecule has 0 radical (unpaired) electrons. The topological polar surface area (TPSA) is 59.8 Å². The minimum absolute atomic E-state index is 0.0406. The van der Waals surface area contributed by atoms with Crippen molar-refractivity contribution in [2.45, 2.75) is 26.7 Å². The van der Waals surface area contributed by atoms with Crippen LogP contribution in [0.15, 0.2) is 51.7 Å². The normalized spacial score (nSPS) is 13.1. The smallest absolute Gasteiger partial charge is 0.347 e. The van der Waals surface area contributed by atoms with E-state index in [0.29, 0.717) is 17.8 Å². The van der Waals surface area contributed by atoms with Crippen molar-refractivity contribution < 1.29 is 13.9 Å². The summed E-state index contributed by atoms with van der Waals surface area (Å²) in [5, 5.41) is 0.730. The second-order valence-corrected chi connectivity index (χ2v) is 6.95. The number of benzene rings is 2. The van der Waals surface area contributed by atoms with Gasteiger partial charge in [-0.3, -0.25) is 4.79 Å². The first-order chi connectivity index (χ1) is 13.6.